The summed E-state index contributed by atoms with van der Waals surface area (Å²) in [5, 5.41) is 8.50. The van der Waals surface area contributed by atoms with Gasteiger partial charge in [0.1, 0.15) is 0 Å². The Balaban J connectivity index is 2.39. The van der Waals surface area contributed by atoms with Crippen LogP contribution in [0.4, 0.5) is 0 Å². The highest BCUT2D eigenvalue weighted by molar-refractivity contribution is 5.72. The highest BCUT2D eigenvalue weighted by Crippen LogP contribution is 2.30. The summed E-state index contributed by atoms with van der Waals surface area (Å²) >= 11 is 0. The number of carbonyl (C=O) groups is 1. The summed E-state index contributed by atoms with van der Waals surface area (Å²) in [7, 11) is 0. The minimum Gasteiger partial charge on any atom is -0.479 e. The zero-order valence-electron chi connectivity index (χ0n) is 5.62. The fourth-order valence-electron chi connectivity index (χ4n) is 1.11. The van der Waals surface area contributed by atoms with Gasteiger partial charge >= 0.3 is 5.97 Å². The molecule has 1 saturated carbocycles. The van der Waals surface area contributed by atoms with Gasteiger partial charge in [-0.05, 0) is 18.8 Å². The van der Waals surface area contributed by atoms with Gasteiger partial charge < -0.3 is 5.11 Å². The summed E-state index contributed by atoms with van der Waals surface area (Å²) < 4.78 is 0. The van der Waals surface area contributed by atoms with E-state index in [1.807, 2.05) is 0 Å². The van der Waals surface area contributed by atoms with Crippen molar-refractivity contribution in [2.45, 2.75) is 25.4 Å². The van der Waals surface area contributed by atoms with Crippen LogP contribution in [-0.4, -0.2) is 17.2 Å². The van der Waals surface area contributed by atoms with E-state index in [0.717, 1.165) is 19.3 Å². The lowest BCUT2D eigenvalue weighted by Crippen LogP contribution is -2.38. The zero-order chi connectivity index (χ0) is 7.56. The van der Waals surface area contributed by atoms with Gasteiger partial charge in [-0.1, -0.05) is 6.42 Å². The Labute approximate surface area is 58.9 Å². The molecule has 58 valence electrons. The average molecular weight is 145 g/mol. The van der Waals surface area contributed by atoms with Gasteiger partial charge in [-0.15, -0.1) is 0 Å². The van der Waals surface area contributed by atoms with Crippen LogP contribution < -0.4 is 5.90 Å². The van der Waals surface area contributed by atoms with Crippen molar-refractivity contribution < 1.29 is 14.7 Å². The van der Waals surface area contributed by atoms with E-state index in [9.17, 15) is 4.79 Å². The molecule has 4 heteroatoms. The predicted octanol–water partition coefficient (Wildman–Crippen LogP) is 0.130. The number of carboxylic acids is 1. The predicted molar refractivity (Wildman–Crippen MR) is 34.0 cm³/mol. The molecule has 1 atom stereocenters. The Morgan fingerprint density at radius 3 is 2.40 bits per heavy atom. The summed E-state index contributed by atoms with van der Waals surface area (Å²) in [5.41, 5.74) is 0. The number of hydrogen-bond acceptors (Lipinski definition) is 3. The number of rotatable bonds is 3. The van der Waals surface area contributed by atoms with E-state index in [2.05, 4.69) is 4.84 Å². The topological polar surface area (TPSA) is 72.5 Å². The molecule has 0 amide bonds. The molecule has 0 saturated heterocycles. The molecule has 0 spiro atoms. The first kappa shape index (κ1) is 7.50. The normalized spacial score (nSPS) is 21.7. The highest BCUT2D eigenvalue weighted by atomic mass is 16.6. The molecule has 10 heavy (non-hydrogen) atoms. The zero-order valence-corrected chi connectivity index (χ0v) is 5.62. The maximum absolute atomic E-state index is 10.4. The van der Waals surface area contributed by atoms with Crippen LogP contribution >= 0.6 is 0 Å². The first-order valence-corrected chi connectivity index (χ1v) is 3.34. The third-order valence-electron chi connectivity index (χ3n) is 1.97. The van der Waals surface area contributed by atoms with E-state index in [0.29, 0.717) is 0 Å². The van der Waals surface area contributed by atoms with Gasteiger partial charge in [-0.25, -0.2) is 10.7 Å². The number of hydrogen-bond donors (Lipinski definition) is 2. The van der Waals surface area contributed by atoms with Gasteiger partial charge in [0.25, 0.3) is 0 Å². The summed E-state index contributed by atoms with van der Waals surface area (Å²) in [5.74, 6) is 3.99. The Hall–Kier alpha value is -0.610. The summed E-state index contributed by atoms with van der Waals surface area (Å²) in [4.78, 5) is 14.7. The van der Waals surface area contributed by atoms with Crippen LogP contribution in [0.25, 0.3) is 0 Å². The largest absolute Gasteiger partial charge is 0.479 e. The molecule has 0 aromatic carbocycles. The first-order valence-electron chi connectivity index (χ1n) is 3.34. The fourth-order valence-corrected chi connectivity index (χ4v) is 1.11. The van der Waals surface area contributed by atoms with Crippen LogP contribution in [0.3, 0.4) is 0 Å². The van der Waals surface area contributed by atoms with Crippen LogP contribution in [-0.2, 0) is 9.63 Å². The lowest BCUT2D eigenvalue weighted by Gasteiger charge is -2.29. The quantitative estimate of drug-likeness (QED) is 0.553. The molecular formula is C6H11NO3. The molecule has 4 nitrogen and oxygen atoms in total. The Morgan fingerprint density at radius 1 is 1.70 bits per heavy atom. The van der Waals surface area contributed by atoms with Crippen molar-refractivity contribution in [1.29, 1.82) is 0 Å². The molecule has 0 radical (unpaired) electrons. The summed E-state index contributed by atoms with van der Waals surface area (Å²) in [6, 6.07) is 0. The standard InChI is InChI=1S/C6H11NO3/c7-10-5(6(8)9)4-2-1-3-4/h4-5H,1-3,7H2,(H,8,9). The molecule has 0 aromatic heterocycles. The highest BCUT2D eigenvalue weighted by Gasteiger charge is 2.32. The maximum Gasteiger partial charge on any atom is 0.335 e. The van der Waals surface area contributed by atoms with E-state index < -0.39 is 12.1 Å². The van der Waals surface area contributed by atoms with Gasteiger partial charge in [0, 0.05) is 0 Å². The lowest BCUT2D eigenvalue weighted by molar-refractivity contribution is -0.157. The number of aliphatic carboxylic acids is 1. The van der Waals surface area contributed by atoms with Gasteiger partial charge in [0.05, 0.1) is 0 Å². The molecule has 1 aliphatic rings. The summed E-state index contributed by atoms with van der Waals surface area (Å²) in [6.45, 7) is 0. The van der Waals surface area contributed by atoms with E-state index in [1.165, 1.54) is 0 Å². The van der Waals surface area contributed by atoms with Crippen LogP contribution in [0.2, 0.25) is 0 Å². The third-order valence-corrected chi connectivity index (χ3v) is 1.97. The van der Waals surface area contributed by atoms with Crippen LogP contribution in [0.5, 0.6) is 0 Å². The van der Waals surface area contributed by atoms with Crippen molar-refractivity contribution in [3.63, 3.8) is 0 Å². The first-order chi connectivity index (χ1) is 4.75. The van der Waals surface area contributed by atoms with Crippen molar-refractivity contribution in [2.75, 3.05) is 0 Å². The maximum atomic E-state index is 10.4. The fraction of sp³-hybridized carbons (Fsp3) is 0.833. The van der Waals surface area contributed by atoms with Crippen molar-refractivity contribution in [3.8, 4) is 0 Å². The second kappa shape index (κ2) is 2.98. The molecule has 1 rings (SSSR count). The van der Waals surface area contributed by atoms with E-state index in [-0.39, 0.29) is 5.92 Å². The molecular weight excluding hydrogens is 134 g/mol. The van der Waals surface area contributed by atoms with Gasteiger partial charge in [-0.3, -0.25) is 4.84 Å². The second-order valence-corrected chi connectivity index (χ2v) is 2.59. The SMILES string of the molecule is NOC(C(=O)O)C1CCC1. The number of carboxylic acid groups (broad SMARTS) is 1. The van der Waals surface area contributed by atoms with E-state index in [4.69, 9.17) is 11.0 Å². The second-order valence-electron chi connectivity index (χ2n) is 2.59. The number of nitrogens with two attached hydrogens (primary N) is 1. The molecule has 1 aliphatic carbocycles. The minimum atomic E-state index is -0.952. The van der Waals surface area contributed by atoms with Gasteiger partial charge in [0.2, 0.25) is 0 Å². The van der Waals surface area contributed by atoms with Crippen molar-refractivity contribution in [3.05, 3.63) is 0 Å². The molecule has 0 bridgehead atoms. The molecule has 1 unspecified atom stereocenters. The average Bonchev–Trinajstić information content (AvgIpc) is 1.76. The van der Waals surface area contributed by atoms with E-state index in [1.54, 1.807) is 0 Å². The van der Waals surface area contributed by atoms with Gasteiger partial charge in [0.15, 0.2) is 6.10 Å². The van der Waals surface area contributed by atoms with Gasteiger partial charge in [-0.2, -0.15) is 0 Å². The smallest absolute Gasteiger partial charge is 0.335 e. The van der Waals surface area contributed by atoms with Crippen molar-refractivity contribution in [2.24, 2.45) is 11.8 Å². The third kappa shape index (κ3) is 1.27. The Bertz CT molecular complexity index is 133. The minimum absolute atomic E-state index is 0.141. The lowest BCUT2D eigenvalue weighted by atomic mass is 9.81. The van der Waals surface area contributed by atoms with Crippen molar-refractivity contribution >= 4 is 5.97 Å². The monoisotopic (exact) mass is 145 g/mol. The Morgan fingerprint density at radius 2 is 2.30 bits per heavy atom. The molecule has 1 fully saturated rings. The molecule has 0 aliphatic heterocycles. The molecule has 0 aromatic rings. The van der Waals surface area contributed by atoms with E-state index >= 15 is 0 Å². The van der Waals surface area contributed by atoms with Crippen molar-refractivity contribution in [1.82, 2.24) is 0 Å². The molecule has 0 heterocycles. The van der Waals surface area contributed by atoms with Crippen LogP contribution in [0, 0.1) is 5.92 Å². The molecule has 3 N–H and O–H groups in total. The Kier molecular flexibility index (Phi) is 2.24. The summed E-state index contributed by atoms with van der Waals surface area (Å²) in [6.07, 6.45) is 2.16. The van der Waals surface area contributed by atoms with Crippen LogP contribution in [0.15, 0.2) is 0 Å². The van der Waals surface area contributed by atoms with Crippen LogP contribution in [0.1, 0.15) is 19.3 Å².